The first kappa shape index (κ1) is 10.3. The lowest BCUT2D eigenvalue weighted by molar-refractivity contribution is 0.207. The van der Waals surface area contributed by atoms with Crippen molar-refractivity contribution >= 4 is 8.60 Å². The molecule has 1 N–H and O–H groups in total. The van der Waals surface area contributed by atoms with E-state index < -0.39 is 8.60 Å². The number of hydrogen-bond acceptors (Lipinski definition) is 4. The number of likely N-dealkylation sites (N-methyl/N-ethyl adjacent to an activating group) is 1. The predicted molar refractivity (Wildman–Crippen MR) is 42.8 cm³/mol. The first-order valence-electron chi connectivity index (χ1n) is 2.97. The van der Waals surface area contributed by atoms with E-state index >= 15 is 0 Å². The van der Waals surface area contributed by atoms with Crippen LogP contribution in [0.2, 0.25) is 0 Å². The van der Waals surface area contributed by atoms with Crippen LogP contribution >= 0.6 is 8.60 Å². The summed E-state index contributed by atoms with van der Waals surface area (Å²) in [5.74, 6) is 0. The van der Waals surface area contributed by atoms with Gasteiger partial charge < -0.3 is 18.8 Å². The highest BCUT2D eigenvalue weighted by atomic mass is 31.2. The Morgan fingerprint density at radius 1 is 1.60 bits per heavy atom. The quantitative estimate of drug-likeness (QED) is 0.614. The Labute approximate surface area is 64.2 Å². The minimum Gasteiger partial charge on any atom is -0.328 e. The normalized spacial score (nSPS) is 14.1. The fraction of sp³-hybridized carbons (Fsp3) is 1.00. The molecule has 64 valence electrons. The zero-order valence-electron chi connectivity index (χ0n) is 6.57. The van der Waals surface area contributed by atoms with Gasteiger partial charge in [0.2, 0.25) is 0 Å². The molecule has 0 bridgehead atoms. The Bertz CT molecular complexity index is 86.1. The molecule has 0 aromatic rings. The molecule has 4 nitrogen and oxygen atoms in total. The van der Waals surface area contributed by atoms with Gasteiger partial charge in [0.1, 0.15) is 0 Å². The number of rotatable bonds is 5. The molecule has 0 amide bonds. The van der Waals surface area contributed by atoms with Crippen molar-refractivity contribution in [3.8, 4) is 0 Å². The average Bonchev–Trinajstić information content (AvgIpc) is 1.87. The predicted octanol–water partition coefficient (Wildman–Crippen LogP) is 0.676. The smallest absolute Gasteiger partial charge is 0.328 e. The van der Waals surface area contributed by atoms with Crippen molar-refractivity contribution in [1.29, 1.82) is 0 Å². The van der Waals surface area contributed by atoms with Crippen molar-refractivity contribution < 1.29 is 15.4 Å². The van der Waals surface area contributed by atoms with Crippen LogP contribution in [0.5, 0.6) is 0 Å². The molecular weight excluding hydrogens is 153 g/mol. The highest BCUT2D eigenvalue weighted by Crippen LogP contribution is 2.30. The molecule has 0 aliphatic rings. The topological polar surface area (TPSA) is 41.9 Å². The summed E-state index contributed by atoms with van der Waals surface area (Å²) in [7, 11) is 3.66. The highest BCUT2D eigenvalue weighted by Gasteiger charge is 2.01. The fourth-order valence-electron chi connectivity index (χ4n) is 0.354. The van der Waals surface area contributed by atoms with Crippen LogP contribution in [0.3, 0.4) is 0 Å². The van der Waals surface area contributed by atoms with Gasteiger partial charge in [-0.05, 0) is 14.1 Å². The minimum absolute atomic E-state index is 0. The molecule has 0 spiro atoms. The van der Waals surface area contributed by atoms with Crippen molar-refractivity contribution in [1.82, 2.24) is 4.90 Å². The maximum Gasteiger partial charge on any atom is 0.329 e. The van der Waals surface area contributed by atoms with Crippen LogP contribution in [0.4, 0.5) is 0 Å². The third kappa shape index (κ3) is 6.39. The lowest BCUT2D eigenvalue weighted by Crippen LogP contribution is -2.17. The summed E-state index contributed by atoms with van der Waals surface area (Å²) >= 11 is 0. The van der Waals surface area contributed by atoms with E-state index in [1.54, 1.807) is 0 Å². The Hall–Kier alpha value is 0.270. The van der Waals surface area contributed by atoms with Crippen molar-refractivity contribution in [2.45, 2.75) is 0 Å². The molecule has 1 atom stereocenters. The maximum atomic E-state index is 8.77. The Morgan fingerprint density at radius 3 is 2.60 bits per heavy atom. The van der Waals surface area contributed by atoms with Gasteiger partial charge in [-0.1, -0.05) is 0 Å². The number of nitrogens with zero attached hydrogens (tertiary/aromatic N) is 1. The Balaban J connectivity index is 0. The molecule has 0 fully saturated rings. The van der Waals surface area contributed by atoms with Crippen LogP contribution in [0, 0.1) is 0 Å². The second-order valence-corrected chi connectivity index (χ2v) is 3.16. The van der Waals surface area contributed by atoms with E-state index in [2.05, 4.69) is 4.52 Å². The van der Waals surface area contributed by atoms with Gasteiger partial charge in [0.25, 0.3) is 0 Å². The van der Waals surface area contributed by atoms with Gasteiger partial charge in [-0.2, -0.15) is 0 Å². The molecule has 1 unspecified atom stereocenters. The third-order valence-corrected chi connectivity index (χ3v) is 1.61. The molecule has 0 aliphatic carbocycles. The average molecular weight is 169 g/mol. The zero-order chi connectivity index (χ0) is 7.98. The fourth-order valence-corrected chi connectivity index (χ4v) is 0.697. The summed E-state index contributed by atoms with van der Waals surface area (Å²) in [5, 5.41) is 0. The largest absolute Gasteiger partial charge is 0.329 e. The monoisotopic (exact) mass is 169 g/mol. The Morgan fingerprint density at radius 2 is 2.20 bits per heavy atom. The van der Waals surface area contributed by atoms with E-state index in [4.69, 9.17) is 9.42 Å². The summed E-state index contributed by atoms with van der Waals surface area (Å²) in [5.41, 5.74) is 0. The molecule has 5 heteroatoms. The third-order valence-electron chi connectivity index (χ3n) is 0.896. The molecule has 0 saturated carbocycles. The molecule has 0 aliphatic heterocycles. The maximum absolute atomic E-state index is 8.77. The highest BCUT2D eigenvalue weighted by molar-refractivity contribution is 7.40. The lowest BCUT2D eigenvalue weighted by atomic mass is 10.6. The van der Waals surface area contributed by atoms with Crippen LogP contribution in [-0.2, 0) is 9.05 Å². The summed E-state index contributed by atoms with van der Waals surface area (Å²) in [6.07, 6.45) is 0. The van der Waals surface area contributed by atoms with Crippen LogP contribution < -0.4 is 0 Å². The van der Waals surface area contributed by atoms with E-state index in [0.29, 0.717) is 6.61 Å². The lowest BCUT2D eigenvalue weighted by Gasteiger charge is -2.10. The second-order valence-electron chi connectivity index (χ2n) is 2.06. The molecule has 0 rings (SSSR count). The first-order valence-corrected chi connectivity index (χ1v) is 4.10. The molecule has 0 radical (unpaired) electrons. The first-order chi connectivity index (χ1) is 4.66. The molecule has 0 saturated heterocycles. The van der Waals surface area contributed by atoms with Gasteiger partial charge in [-0.3, -0.25) is 0 Å². The van der Waals surface area contributed by atoms with Crippen LogP contribution in [0.15, 0.2) is 0 Å². The summed E-state index contributed by atoms with van der Waals surface area (Å²) in [6.45, 7) is 1.30. The van der Waals surface area contributed by atoms with Crippen molar-refractivity contribution in [2.24, 2.45) is 0 Å². The van der Waals surface area contributed by atoms with Gasteiger partial charge in [-0.25, -0.2) is 0 Å². The van der Waals surface area contributed by atoms with Crippen LogP contribution in [0.25, 0.3) is 0 Å². The van der Waals surface area contributed by atoms with Gasteiger partial charge in [0.05, 0.1) is 6.61 Å². The molecule has 0 aromatic heterocycles. The molecule has 0 heterocycles. The standard InChI is InChI=1S/C5H14NO3P.H2/c1-6(2)4-5-9-10(7)8-3;/h7H,4-5H2,1-3H3;1H. The van der Waals surface area contributed by atoms with E-state index in [9.17, 15) is 0 Å². The van der Waals surface area contributed by atoms with Crippen LogP contribution in [-0.4, -0.2) is 44.2 Å². The molecular formula is C5H16NO3P. The van der Waals surface area contributed by atoms with E-state index in [0.717, 1.165) is 6.54 Å². The van der Waals surface area contributed by atoms with Crippen molar-refractivity contribution in [2.75, 3.05) is 34.4 Å². The van der Waals surface area contributed by atoms with Gasteiger partial charge in [-0.15, -0.1) is 0 Å². The second kappa shape index (κ2) is 6.01. The van der Waals surface area contributed by atoms with Crippen molar-refractivity contribution in [3.05, 3.63) is 0 Å². The van der Waals surface area contributed by atoms with Gasteiger partial charge in [0, 0.05) is 15.1 Å². The minimum atomic E-state index is -1.64. The van der Waals surface area contributed by atoms with Gasteiger partial charge in [0.15, 0.2) is 0 Å². The SMILES string of the molecule is COP(O)OCCN(C)C.[HH]. The van der Waals surface area contributed by atoms with Gasteiger partial charge >= 0.3 is 8.60 Å². The summed E-state index contributed by atoms with van der Waals surface area (Å²) in [4.78, 5) is 10.7. The van der Waals surface area contributed by atoms with E-state index in [1.165, 1.54) is 7.11 Å². The van der Waals surface area contributed by atoms with Crippen LogP contribution in [0.1, 0.15) is 1.43 Å². The number of hydrogen-bond donors (Lipinski definition) is 1. The summed E-state index contributed by atoms with van der Waals surface area (Å²) in [6, 6.07) is 0. The molecule has 0 aromatic carbocycles. The zero-order valence-corrected chi connectivity index (χ0v) is 7.47. The molecule has 10 heavy (non-hydrogen) atoms. The van der Waals surface area contributed by atoms with E-state index in [-0.39, 0.29) is 1.43 Å². The van der Waals surface area contributed by atoms with Crippen molar-refractivity contribution in [3.63, 3.8) is 0 Å². The Kier molecular flexibility index (Phi) is 6.17. The summed E-state index contributed by atoms with van der Waals surface area (Å²) < 4.78 is 9.37. The van der Waals surface area contributed by atoms with E-state index in [1.807, 2.05) is 19.0 Å².